The van der Waals surface area contributed by atoms with E-state index in [1.807, 2.05) is 16.9 Å². The Morgan fingerprint density at radius 3 is 2.46 bits per heavy atom. The normalized spacial score (nSPS) is 16.1. The van der Waals surface area contributed by atoms with Crippen molar-refractivity contribution < 1.29 is 4.74 Å². The van der Waals surface area contributed by atoms with Gasteiger partial charge in [0.25, 0.3) is 0 Å². The first-order chi connectivity index (χ1) is 6.43. The third-order valence-corrected chi connectivity index (χ3v) is 1.73. The smallest absolute Gasteiger partial charge is 0.0591 e. The molecule has 0 unspecified atom stereocenters. The first-order valence-corrected chi connectivity index (χ1v) is 4.69. The molecule has 1 aliphatic rings. The van der Waals surface area contributed by atoms with E-state index in [1.54, 1.807) is 6.20 Å². The Hall–Kier alpha value is -0.870. The molecular formula is C9H17N3O. The zero-order valence-corrected chi connectivity index (χ0v) is 8.07. The van der Waals surface area contributed by atoms with Gasteiger partial charge < -0.3 is 10.1 Å². The third-order valence-electron chi connectivity index (χ3n) is 1.73. The summed E-state index contributed by atoms with van der Waals surface area (Å²) in [5, 5.41) is 7.11. The molecule has 4 heteroatoms. The van der Waals surface area contributed by atoms with Crippen LogP contribution >= 0.6 is 0 Å². The summed E-state index contributed by atoms with van der Waals surface area (Å²) in [6, 6.07) is 1.92. The molecule has 1 aromatic heterocycles. The number of hydrogen-bond donors (Lipinski definition) is 1. The zero-order chi connectivity index (χ0) is 9.36. The molecule has 0 bridgehead atoms. The van der Waals surface area contributed by atoms with Crippen molar-refractivity contribution in [3.8, 4) is 0 Å². The van der Waals surface area contributed by atoms with E-state index < -0.39 is 0 Å². The van der Waals surface area contributed by atoms with Crippen molar-refractivity contribution in [1.82, 2.24) is 15.1 Å². The number of aryl methyl sites for hydroxylation is 1. The van der Waals surface area contributed by atoms with Crippen LogP contribution in [0.4, 0.5) is 0 Å². The number of nitrogens with one attached hydrogen (secondary N) is 1. The van der Waals surface area contributed by atoms with Crippen LogP contribution in [0.1, 0.15) is 6.92 Å². The van der Waals surface area contributed by atoms with Gasteiger partial charge in [0.15, 0.2) is 0 Å². The predicted molar refractivity (Wildman–Crippen MR) is 51.6 cm³/mol. The highest BCUT2D eigenvalue weighted by Gasteiger charge is 1.92. The van der Waals surface area contributed by atoms with Crippen LogP contribution in [-0.2, 0) is 11.3 Å². The van der Waals surface area contributed by atoms with Crippen LogP contribution < -0.4 is 5.32 Å². The summed E-state index contributed by atoms with van der Waals surface area (Å²) in [4.78, 5) is 0. The summed E-state index contributed by atoms with van der Waals surface area (Å²) in [7, 11) is 0. The molecular weight excluding hydrogens is 166 g/mol. The van der Waals surface area contributed by atoms with E-state index in [0.717, 1.165) is 32.8 Å². The Morgan fingerprint density at radius 1 is 1.46 bits per heavy atom. The molecule has 0 saturated carbocycles. The lowest BCUT2D eigenvalue weighted by molar-refractivity contribution is 0.109. The predicted octanol–water partition coefficient (Wildman–Crippen LogP) is 0.509. The second kappa shape index (κ2) is 6.62. The fourth-order valence-electron chi connectivity index (χ4n) is 1.00. The van der Waals surface area contributed by atoms with Crippen molar-refractivity contribution in [3.05, 3.63) is 18.5 Å². The Balaban J connectivity index is 0.000000132. The highest BCUT2D eigenvalue weighted by Crippen LogP contribution is 1.80. The van der Waals surface area contributed by atoms with Gasteiger partial charge in [-0.25, -0.2) is 0 Å². The molecule has 0 radical (unpaired) electrons. The molecule has 2 rings (SSSR count). The van der Waals surface area contributed by atoms with E-state index in [2.05, 4.69) is 17.3 Å². The minimum Gasteiger partial charge on any atom is -0.379 e. The van der Waals surface area contributed by atoms with Gasteiger partial charge in [0.2, 0.25) is 0 Å². The molecule has 0 aromatic carbocycles. The van der Waals surface area contributed by atoms with Crippen LogP contribution in [0.15, 0.2) is 18.5 Å². The van der Waals surface area contributed by atoms with E-state index in [-0.39, 0.29) is 0 Å². The van der Waals surface area contributed by atoms with Crippen molar-refractivity contribution in [1.29, 1.82) is 0 Å². The van der Waals surface area contributed by atoms with Crippen molar-refractivity contribution in [3.63, 3.8) is 0 Å². The van der Waals surface area contributed by atoms with E-state index in [0.29, 0.717) is 0 Å². The molecule has 74 valence electrons. The minimum atomic E-state index is 0.889. The molecule has 1 aromatic rings. The Labute approximate surface area is 78.9 Å². The molecule has 4 nitrogen and oxygen atoms in total. The van der Waals surface area contributed by atoms with Gasteiger partial charge >= 0.3 is 0 Å². The number of ether oxygens (including phenoxy) is 1. The summed E-state index contributed by atoms with van der Waals surface area (Å²) in [5.74, 6) is 0. The molecule has 2 heterocycles. The van der Waals surface area contributed by atoms with E-state index in [9.17, 15) is 0 Å². The number of aromatic nitrogens is 2. The monoisotopic (exact) mass is 183 g/mol. The first kappa shape index (κ1) is 10.2. The maximum Gasteiger partial charge on any atom is 0.0591 e. The average Bonchev–Trinajstić information content (AvgIpc) is 2.74. The summed E-state index contributed by atoms with van der Waals surface area (Å²) >= 11 is 0. The summed E-state index contributed by atoms with van der Waals surface area (Å²) in [6.07, 6.45) is 3.73. The minimum absolute atomic E-state index is 0.889. The van der Waals surface area contributed by atoms with Gasteiger partial charge in [-0.2, -0.15) is 5.10 Å². The van der Waals surface area contributed by atoms with Crippen molar-refractivity contribution in [2.75, 3.05) is 26.3 Å². The SMILES string of the molecule is C1COCCN1.CCn1cccn1. The van der Waals surface area contributed by atoms with E-state index >= 15 is 0 Å². The lowest BCUT2D eigenvalue weighted by Crippen LogP contribution is -2.30. The fourth-order valence-corrected chi connectivity index (χ4v) is 1.00. The van der Waals surface area contributed by atoms with Crippen molar-refractivity contribution in [2.24, 2.45) is 0 Å². The highest BCUT2D eigenvalue weighted by molar-refractivity contribution is 4.76. The molecule has 1 N–H and O–H groups in total. The maximum atomic E-state index is 5.01. The third kappa shape index (κ3) is 4.65. The molecule has 0 amide bonds. The summed E-state index contributed by atoms with van der Waals surface area (Å²) in [5.41, 5.74) is 0. The largest absolute Gasteiger partial charge is 0.379 e. The number of morpholine rings is 1. The maximum absolute atomic E-state index is 5.01. The van der Waals surface area contributed by atoms with Crippen LogP contribution in [0.2, 0.25) is 0 Å². The molecule has 0 atom stereocenters. The fraction of sp³-hybridized carbons (Fsp3) is 0.667. The van der Waals surface area contributed by atoms with Gasteiger partial charge in [-0.05, 0) is 13.0 Å². The van der Waals surface area contributed by atoms with Gasteiger partial charge in [-0.1, -0.05) is 0 Å². The van der Waals surface area contributed by atoms with Gasteiger partial charge in [-0.3, -0.25) is 4.68 Å². The highest BCUT2D eigenvalue weighted by atomic mass is 16.5. The lowest BCUT2D eigenvalue weighted by atomic mass is 10.5. The second-order valence-corrected chi connectivity index (χ2v) is 2.72. The topological polar surface area (TPSA) is 39.1 Å². The Bertz CT molecular complexity index is 183. The molecule has 1 fully saturated rings. The molecule has 13 heavy (non-hydrogen) atoms. The van der Waals surface area contributed by atoms with Crippen LogP contribution in [0.5, 0.6) is 0 Å². The van der Waals surface area contributed by atoms with Crippen LogP contribution in [0, 0.1) is 0 Å². The van der Waals surface area contributed by atoms with Gasteiger partial charge in [0.05, 0.1) is 13.2 Å². The van der Waals surface area contributed by atoms with Gasteiger partial charge in [0, 0.05) is 32.0 Å². The van der Waals surface area contributed by atoms with E-state index in [4.69, 9.17) is 4.74 Å². The number of rotatable bonds is 1. The molecule has 0 aliphatic carbocycles. The Morgan fingerprint density at radius 2 is 2.23 bits per heavy atom. The van der Waals surface area contributed by atoms with Crippen LogP contribution in [0.3, 0.4) is 0 Å². The van der Waals surface area contributed by atoms with Crippen LogP contribution in [0.25, 0.3) is 0 Å². The number of hydrogen-bond acceptors (Lipinski definition) is 3. The Kier molecular flexibility index (Phi) is 5.20. The van der Waals surface area contributed by atoms with Crippen molar-refractivity contribution in [2.45, 2.75) is 13.5 Å². The quantitative estimate of drug-likeness (QED) is 0.689. The first-order valence-electron chi connectivity index (χ1n) is 4.69. The second-order valence-electron chi connectivity index (χ2n) is 2.72. The van der Waals surface area contributed by atoms with Gasteiger partial charge in [-0.15, -0.1) is 0 Å². The summed E-state index contributed by atoms with van der Waals surface area (Å²) < 4.78 is 6.88. The van der Waals surface area contributed by atoms with Crippen LogP contribution in [-0.4, -0.2) is 36.1 Å². The standard InChI is InChI=1S/C5H8N2.C4H9NO/c1-2-7-5-3-4-6-7;1-3-6-4-2-5-1/h3-5H,2H2,1H3;5H,1-4H2. The summed E-state index contributed by atoms with van der Waals surface area (Å²) in [6.45, 7) is 6.86. The molecule has 0 spiro atoms. The molecule has 1 saturated heterocycles. The lowest BCUT2D eigenvalue weighted by Gasteiger charge is -2.10. The zero-order valence-electron chi connectivity index (χ0n) is 8.07. The molecule has 1 aliphatic heterocycles. The average molecular weight is 183 g/mol. The van der Waals surface area contributed by atoms with E-state index in [1.165, 1.54) is 0 Å². The number of nitrogens with zero attached hydrogens (tertiary/aromatic N) is 2. The van der Waals surface area contributed by atoms with Crippen molar-refractivity contribution >= 4 is 0 Å². The van der Waals surface area contributed by atoms with Gasteiger partial charge in [0.1, 0.15) is 0 Å².